The second-order valence-corrected chi connectivity index (χ2v) is 7.78. The van der Waals surface area contributed by atoms with Gasteiger partial charge < -0.3 is 10.0 Å². The van der Waals surface area contributed by atoms with Crippen LogP contribution in [0.2, 0.25) is 0 Å². The Balaban J connectivity index is 2.17. The highest BCUT2D eigenvalue weighted by atomic mass is 32.2. The van der Waals surface area contributed by atoms with Gasteiger partial charge in [-0.2, -0.15) is 0 Å². The largest absolute Gasteiger partial charge is 0.480 e. The van der Waals surface area contributed by atoms with Crippen LogP contribution >= 0.6 is 11.8 Å². The Morgan fingerprint density at radius 2 is 1.87 bits per heavy atom. The number of thioether (sulfide) groups is 1. The molecule has 1 fully saturated rings. The van der Waals surface area contributed by atoms with Crippen LogP contribution in [0.1, 0.15) is 44.7 Å². The molecule has 2 unspecified atom stereocenters. The summed E-state index contributed by atoms with van der Waals surface area (Å²) in [6.07, 6.45) is 1.05. The summed E-state index contributed by atoms with van der Waals surface area (Å²) in [6.45, 7) is 7.91. The van der Waals surface area contributed by atoms with Gasteiger partial charge in [-0.1, -0.05) is 45.0 Å². The number of hydrogen-bond acceptors (Lipinski definition) is 3. The average molecular weight is 335 g/mol. The maximum absolute atomic E-state index is 11.9. The van der Waals surface area contributed by atoms with E-state index in [1.165, 1.54) is 17.4 Å². The van der Waals surface area contributed by atoms with E-state index >= 15 is 0 Å². The van der Waals surface area contributed by atoms with E-state index < -0.39 is 12.0 Å². The zero-order valence-electron chi connectivity index (χ0n) is 14.2. The van der Waals surface area contributed by atoms with Gasteiger partial charge in [0.05, 0.1) is 5.37 Å². The van der Waals surface area contributed by atoms with E-state index in [1.54, 1.807) is 11.8 Å². The van der Waals surface area contributed by atoms with E-state index in [-0.39, 0.29) is 17.2 Å². The molecule has 3 atom stereocenters. The van der Waals surface area contributed by atoms with Crippen LogP contribution in [0, 0.1) is 5.92 Å². The summed E-state index contributed by atoms with van der Waals surface area (Å²) < 4.78 is 0. The molecular weight excluding hydrogens is 310 g/mol. The van der Waals surface area contributed by atoms with Crippen LogP contribution in [0.4, 0.5) is 0 Å². The number of carbonyl (C=O) groups is 2. The zero-order chi connectivity index (χ0) is 17.1. The highest BCUT2D eigenvalue weighted by Crippen LogP contribution is 2.38. The number of rotatable bonds is 5. The first kappa shape index (κ1) is 17.9. The number of amides is 1. The Morgan fingerprint density at radius 1 is 1.26 bits per heavy atom. The Bertz CT molecular complexity index is 570. The molecule has 0 bridgehead atoms. The van der Waals surface area contributed by atoms with E-state index in [0.717, 1.165) is 12.0 Å². The predicted molar refractivity (Wildman–Crippen MR) is 93.6 cm³/mol. The molecule has 1 aliphatic rings. The molecule has 1 N–H and O–H groups in total. The first-order valence-electron chi connectivity index (χ1n) is 8.03. The fraction of sp³-hybridized carbons (Fsp3) is 0.556. The Hall–Kier alpha value is -1.49. The van der Waals surface area contributed by atoms with Crippen molar-refractivity contribution in [2.45, 2.75) is 51.4 Å². The van der Waals surface area contributed by atoms with Gasteiger partial charge in [0.1, 0.15) is 6.04 Å². The van der Waals surface area contributed by atoms with Gasteiger partial charge in [-0.05, 0) is 23.5 Å². The summed E-state index contributed by atoms with van der Waals surface area (Å²) in [7, 11) is 0. The number of benzene rings is 1. The predicted octanol–water partition coefficient (Wildman–Crippen LogP) is 3.36. The molecule has 1 amide bonds. The number of carboxylic acids is 1. The Labute approximate surface area is 142 Å². The van der Waals surface area contributed by atoms with Crippen molar-refractivity contribution in [2.24, 2.45) is 5.92 Å². The molecule has 1 aromatic rings. The fourth-order valence-corrected chi connectivity index (χ4v) is 4.68. The minimum absolute atomic E-state index is 0.0985. The smallest absolute Gasteiger partial charge is 0.327 e. The lowest BCUT2D eigenvalue weighted by molar-refractivity contribution is -0.148. The van der Waals surface area contributed by atoms with Crippen LogP contribution in [0.15, 0.2) is 24.3 Å². The van der Waals surface area contributed by atoms with E-state index in [9.17, 15) is 14.7 Å². The zero-order valence-corrected chi connectivity index (χ0v) is 15.0. The number of hydrogen-bond donors (Lipinski definition) is 1. The molecule has 23 heavy (non-hydrogen) atoms. The molecule has 0 aromatic heterocycles. The lowest BCUT2D eigenvalue weighted by Gasteiger charge is -2.30. The molecule has 1 aromatic carbocycles. The molecular formula is C18H25NO3S. The normalized spacial score (nSPS) is 22.4. The summed E-state index contributed by atoms with van der Waals surface area (Å²) in [4.78, 5) is 24.8. The van der Waals surface area contributed by atoms with Gasteiger partial charge in [-0.25, -0.2) is 4.79 Å². The average Bonchev–Trinajstić information content (AvgIpc) is 2.92. The quantitative estimate of drug-likeness (QED) is 0.896. The van der Waals surface area contributed by atoms with Crippen LogP contribution in [0.25, 0.3) is 0 Å². The van der Waals surface area contributed by atoms with Gasteiger partial charge >= 0.3 is 5.97 Å². The van der Waals surface area contributed by atoms with E-state index in [4.69, 9.17) is 0 Å². The Kier molecular flexibility index (Phi) is 5.74. The third kappa shape index (κ3) is 4.08. The van der Waals surface area contributed by atoms with Gasteiger partial charge in [0.25, 0.3) is 0 Å². The third-order valence-electron chi connectivity index (χ3n) is 4.26. The summed E-state index contributed by atoms with van der Waals surface area (Å²) >= 11 is 1.56. The van der Waals surface area contributed by atoms with Crippen molar-refractivity contribution in [3.63, 3.8) is 0 Å². The number of aliphatic carboxylic acids is 1. The number of nitrogens with zero attached hydrogens (tertiary/aromatic N) is 1. The minimum atomic E-state index is -0.922. The van der Waals surface area contributed by atoms with Crippen LogP contribution in [-0.4, -0.2) is 39.1 Å². The maximum Gasteiger partial charge on any atom is 0.327 e. The monoisotopic (exact) mass is 335 g/mol. The molecule has 126 valence electrons. The van der Waals surface area contributed by atoms with E-state index in [1.807, 2.05) is 0 Å². The minimum Gasteiger partial charge on any atom is -0.480 e. The van der Waals surface area contributed by atoms with Gasteiger partial charge in [-0.3, -0.25) is 4.79 Å². The van der Waals surface area contributed by atoms with Crippen molar-refractivity contribution >= 4 is 23.6 Å². The van der Waals surface area contributed by atoms with Crippen molar-refractivity contribution in [2.75, 3.05) is 5.75 Å². The van der Waals surface area contributed by atoms with E-state index in [2.05, 4.69) is 45.0 Å². The van der Waals surface area contributed by atoms with Crippen molar-refractivity contribution < 1.29 is 14.7 Å². The molecule has 0 spiro atoms. The van der Waals surface area contributed by atoms with Gasteiger partial charge in [0.2, 0.25) is 5.91 Å². The topological polar surface area (TPSA) is 57.6 Å². The first-order valence-corrected chi connectivity index (χ1v) is 9.08. The molecule has 0 saturated carbocycles. The van der Waals surface area contributed by atoms with Crippen molar-refractivity contribution in [3.05, 3.63) is 35.4 Å². The maximum atomic E-state index is 11.9. The molecule has 0 aliphatic carbocycles. The van der Waals surface area contributed by atoms with Crippen molar-refractivity contribution in [1.29, 1.82) is 0 Å². The summed E-state index contributed by atoms with van der Waals surface area (Å²) in [5.74, 6) is 0.0786. The van der Waals surface area contributed by atoms with Gasteiger partial charge in [-0.15, -0.1) is 11.8 Å². The fourth-order valence-electron chi connectivity index (χ4n) is 3.10. The van der Waals surface area contributed by atoms with Crippen LogP contribution in [-0.2, 0) is 16.0 Å². The highest BCUT2D eigenvalue weighted by Gasteiger charge is 2.42. The lowest BCUT2D eigenvalue weighted by atomic mass is 9.96. The molecule has 5 heteroatoms. The summed E-state index contributed by atoms with van der Waals surface area (Å²) in [5.41, 5.74) is 2.45. The number of carbonyl (C=O) groups excluding carboxylic acids is 1. The summed E-state index contributed by atoms with van der Waals surface area (Å²) in [5, 5.41) is 9.19. The van der Waals surface area contributed by atoms with Crippen LogP contribution in [0.3, 0.4) is 0 Å². The van der Waals surface area contributed by atoms with Crippen molar-refractivity contribution in [1.82, 2.24) is 4.90 Å². The molecule has 0 radical (unpaired) electrons. The second kappa shape index (κ2) is 7.39. The SMILES string of the molecule is CC(=O)N1C(C(=O)O)CSC1[C@H](C)c1ccc(CC(C)C)cc1. The second-order valence-electron chi connectivity index (χ2n) is 6.63. The van der Waals surface area contributed by atoms with E-state index in [0.29, 0.717) is 11.7 Å². The number of carboxylic acid groups (broad SMARTS) is 1. The molecule has 1 aliphatic heterocycles. The lowest BCUT2D eigenvalue weighted by Crippen LogP contribution is -2.46. The highest BCUT2D eigenvalue weighted by molar-refractivity contribution is 8.00. The Morgan fingerprint density at radius 3 is 2.35 bits per heavy atom. The third-order valence-corrected chi connectivity index (χ3v) is 5.75. The standard InChI is InChI=1S/C18H25NO3S/c1-11(2)9-14-5-7-15(8-6-14)12(3)17-19(13(4)20)16(10-23-17)18(21)22/h5-8,11-12,16-17H,9-10H2,1-4H3,(H,21,22)/t12-,16?,17?/m1/s1. The first-order chi connectivity index (χ1) is 10.8. The van der Waals surface area contributed by atoms with Crippen molar-refractivity contribution in [3.8, 4) is 0 Å². The molecule has 1 saturated heterocycles. The van der Waals surface area contributed by atoms with Crippen LogP contribution in [0.5, 0.6) is 0 Å². The van der Waals surface area contributed by atoms with Crippen LogP contribution < -0.4 is 0 Å². The molecule has 2 rings (SSSR count). The van der Waals surface area contributed by atoms with Gasteiger partial charge in [0, 0.05) is 18.6 Å². The molecule has 1 heterocycles. The molecule has 4 nitrogen and oxygen atoms in total. The summed E-state index contributed by atoms with van der Waals surface area (Å²) in [6, 6.07) is 7.77. The van der Waals surface area contributed by atoms with Gasteiger partial charge in [0.15, 0.2) is 0 Å².